The monoisotopic (exact) mass is 1700 g/mol. The maximum absolute atomic E-state index is 11.5. The fourth-order valence-corrected chi connectivity index (χ4v) is 22.0. The number of allylic oxidation sites excluding steroid dienone is 1. The van der Waals surface area contributed by atoms with E-state index in [1.807, 2.05) is 162 Å². The summed E-state index contributed by atoms with van der Waals surface area (Å²) in [5.74, 6) is 0.366. The molecule has 0 bridgehead atoms. The van der Waals surface area contributed by atoms with E-state index in [2.05, 4.69) is 128 Å². The predicted octanol–water partition coefficient (Wildman–Crippen LogP) is 21.8. The van der Waals surface area contributed by atoms with Crippen LogP contribution in [0, 0.1) is 23.7 Å². The minimum atomic E-state index is -3.08. The Bertz CT molecular complexity index is 2940. The highest BCUT2D eigenvalue weighted by Crippen LogP contribution is 2.37. The highest BCUT2D eigenvalue weighted by atomic mass is 35.5. The number of rotatable bonds is 45. The number of aliphatic carboxylic acids is 1. The molecule has 0 atom stereocenters. The maximum atomic E-state index is 11.5. The Morgan fingerprint density at radius 2 is 0.956 bits per heavy atom. The van der Waals surface area contributed by atoms with Crippen LogP contribution in [0.15, 0.2) is 109 Å². The van der Waals surface area contributed by atoms with Crippen molar-refractivity contribution in [1.82, 2.24) is 0 Å². The number of esters is 2. The summed E-state index contributed by atoms with van der Waals surface area (Å²) in [4.78, 5) is 35.0. The molecule has 4 aromatic carbocycles. The average molecular weight is 1700 g/mol. The van der Waals surface area contributed by atoms with Crippen LogP contribution in [0.1, 0.15) is 162 Å². The molecule has 113 heavy (non-hydrogen) atoms. The topological polar surface area (TPSA) is 222 Å². The van der Waals surface area contributed by atoms with Crippen LogP contribution < -0.4 is 9.64 Å². The van der Waals surface area contributed by atoms with Crippen LogP contribution in [0.5, 0.6) is 5.75 Å². The predicted molar refractivity (Wildman–Crippen MR) is 472 cm³/mol. The van der Waals surface area contributed by atoms with E-state index >= 15 is 0 Å². The lowest BCUT2D eigenvalue weighted by Gasteiger charge is -2.41. The smallest absolute Gasteiger partial charge is 0.491 e. The number of carbonyl (C=O) groups is 3. The Labute approximate surface area is 697 Å². The van der Waals surface area contributed by atoms with Crippen LogP contribution >= 0.6 is 23.2 Å². The van der Waals surface area contributed by atoms with Crippen molar-refractivity contribution in [2.45, 2.75) is 245 Å². The largest absolute Gasteiger partial charge is 0.647 e. The Balaban J connectivity index is 0. The second-order valence-corrected chi connectivity index (χ2v) is 49.1. The summed E-state index contributed by atoms with van der Waals surface area (Å²) >= 11 is 12.1. The fourth-order valence-electron chi connectivity index (χ4n) is 9.95. The van der Waals surface area contributed by atoms with Crippen LogP contribution in [-0.4, -0.2) is 193 Å². The van der Waals surface area contributed by atoms with E-state index in [0.29, 0.717) is 114 Å². The van der Waals surface area contributed by atoms with Gasteiger partial charge in [0.25, 0.3) is 0 Å². The van der Waals surface area contributed by atoms with Crippen LogP contribution in [0.25, 0.3) is 6.08 Å². The van der Waals surface area contributed by atoms with Crippen LogP contribution in [0.3, 0.4) is 0 Å². The molecule has 1 aliphatic rings. The molecule has 0 spiro atoms. The van der Waals surface area contributed by atoms with E-state index in [-0.39, 0.29) is 48.6 Å². The van der Waals surface area contributed by atoms with Gasteiger partial charge in [-0.3, -0.25) is 14.4 Å². The number of halogens is 2. The zero-order valence-electron chi connectivity index (χ0n) is 74.6. The van der Waals surface area contributed by atoms with Gasteiger partial charge in [0.15, 0.2) is 30.7 Å². The van der Waals surface area contributed by atoms with Crippen molar-refractivity contribution in [3.8, 4) is 5.75 Å². The molecule has 0 saturated carbocycles. The molecule has 650 valence electrons. The first-order valence-electron chi connectivity index (χ1n) is 40.3. The molecule has 21 nitrogen and oxygen atoms in total. The average Bonchev–Trinajstić information content (AvgIpc) is 1.20. The number of carbonyl (C=O) groups excluding carboxylic acids is 2. The number of benzene rings is 4. The van der Waals surface area contributed by atoms with Crippen molar-refractivity contribution in [3.63, 3.8) is 0 Å². The van der Waals surface area contributed by atoms with E-state index in [4.69, 9.17) is 102 Å². The number of hydrogen-bond acceptors (Lipinski definition) is 20. The van der Waals surface area contributed by atoms with Crippen molar-refractivity contribution >= 4 is 98.2 Å². The number of ether oxygens (including phenoxy) is 12. The van der Waals surface area contributed by atoms with E-state index < -0.39 is 51.5 Å². The molecule has 1 aliphatic heterocycles. The lowest BCUT2D eigenvalue weighted by molar-refractivity contribution is -0.167. The number of anilines is 3. The van der Waals surface area contributed by atoms with Gasteiger partial charge in [-0.1, -0.05) is 135 Å². The molecule has 27 heteroatoms. The van der Waals surface area contributed by atoms with Crippen LogP contribution in [0.4, 0.5) is 17.1 Å². The molecule has 1 N–H and O–H groups in total. The second-order valence-electron chi connectivity index (χ2n) is 31.9. The third-order valence-electron chi connectivity index (χ3n) is 15.0. The molecular weight excluding hydrogens is 1550 g/mol. The van der Waals surface area contributed by atoms with Gasteiger partial charge in [0, 0.05) is 53.3 Å². The summed E-state index contributed by atoms with van der Waals surface area (Å²) < 4.78 is 88.6. The summed E-state index contributed by atoms with van der Waals surface area (Å²) in [5, 5.41) is 9.88. The molecule has 0 aromatic heterocycles. The SMILES string of the molecule is CC(C)/C=C/c1ccccc1.CC(C)CC1(C)OCCO1.CC(C)OCCOc1ccc(N(c2ccc(Cl)cc2)c2ccc(Cl)cc2)cc1.CC(C)O[Si](O[Si](C)(C)C)(O[Si](C)(C)C)O[Si](C)(C)C.CCC(CC)(OC(=O)CCC(=O)O)C(C)C.CCOCCOCCOCCOC(=O)C(C)C.COCCOCCOC(C)C. The molecule has 1 saturated heterocycles. The number of carboxylic acid groups (broad SMARTS) is 1. The normalized spacial score (nSPS) is 12.9. The van der Waals surface area contributed by atoms with Crippen LogP contribution in [-0.2, 0) is 83.3 Å². The van der Waals surface area contributed by atoms with Gasteiger partial charge in [-0.15, -0.1) is 0 Å². The second kappa shape index (κ2) is 61.8. The van der Waals surface area contributed by atoms with Gasteiger partial charge in [-0.25, -0.2) is 0 Å². The summed E-state index contributed by atoms with van der Waals surface area (Å²) in [6.45, 7) is 64.6. The standard InChI is InChI=1S/C23H23Cl2NO2.C12H24O5.C12H34O4Si4.C12H22O4.C11H14.C8H18O3.C8H16O2/c1-17(2)27-15-16-28-23-13-11-22(12-14-23)26(20-7-3-18(24)4-8-20)21-9-5-19(25)6-10-21;1-4-14-5-6-15-7-8-16-9-10-17-12(13)11(2)3;1-12(2)13-20(14-17(3,4)5,15-18(6,7)8)16-19(9,10)11;1-5-12(6-2,9(3)4)16-11(15)8-7-10(13)14;1-10(2)8-9-11-6-4-3-5-7-11;1-8(2)11-7-6-10-5-4-9-3;1-7(2)6-8(3)9-4-5-10-8/h3-14,17H,15-16H2,1-2H3;11H,4-10H2,1-3H3;12H,1-11H3;9H,5-8H2,1-4H3,(H,13,14);3-10H,1-2H3;8H,4-7H2,1-3H3;7H,4-6H2,1-3H3/b;;;;9-8+;;. The zero-order valence-corrected chi connectivity index (χ0v) is 80.1. The summed E-state index contributed by atoms with van der Waals surface area (Å²) in [5.41, 5.74) is 3.85. The Morgan fingerprint density at radius 3 is 1.33 bits per heavy atom. The first-order chi connectivity index (χ1) is 52.8. The molecule has 4 aromatic rings. The molecule has 0 amide bonds. The van der Waals surface area contributed by atoms with Crippen molar-refractivity contribution in [3.05, 3.63) is 125 Å². The molecule has 5 rings (SSSR count). The van der Waals surface area contributed by atoms with Gasteiger partial charge in [0.1, 0.15) is 24.6 Å². The van der Waals surface area contributed by atoms with Crippen molar-refractivity contribution in [2.24, 2.45) is 23.7 Å². The third kappa shape index (κ3) is 60.7. The minimum absolute atomic E-state index is 0.0331. The molecule has 1 fully saturated rings. The Kier molecular flexibility index (Phi) is 60.5. The fraction of sp³-hybridized carbons (Fsp3) is 0.663. The van der Waals surface area contributed by atoms with E-state index in [1.54, 1.807) is 21.0 Å². The van der Waals surface area contributed by atoms with Gasteiger partial charge in [0.05, 0.1) is 110 Å². The lowest BCUT2D eigenvalue weighted by atomic mass is 9.85. The number of hydrogen-bond donors (Lipinski definition) is 1. The third-order valence-corrected chi connectivity index (χ3v) is 26.6. The summed E-state index contributed by atoms with van der Waals surface area (Å²) in [7, 11) is -6.90. The Morgan fingerprint density at radius 1 is 0.540 bits per heavy atom. The molecule has 1 heterocycles. The molecule has 0 aliphatic carbocycles. The van der Waals surface area contributed by atoms with Crippen LogP contribution in [0.2, 0.25) is 69.0 Å². The van der Waals surface area contributed by atoms with Gasteiger partial charge in [0.2, 0.25) is 0 Å². The zero-order chi connectivity index (χ0) is 86.3. The lowest BCUT2D eigenvalue weighted by Crippen LogP contribution is -2.63. The van der Waals surface area contributed by atoms with E-state index in [1.165, 1.54) is 5.56 Å². The van der Waals surface area contributed by atoms with E-state index in [0.717, 1.165) is 55.3 Å². The van der Waals surface area contributed by atoms with Crippen molar-refractivity contribution < 1.29 is 93.1 Å². The van der Waals surface area contributed by atoms with Gasteiger partial charge < -0.3 is 83.6 Å². The van der Waals surface area contributed by atoms with E-state index in [9.17, 15) is 14.4 Å². The first kappa shape index (κ1) is 111. The number of nitrogens with zero attached hydrogens (tertiary/aromatic N) is 1. The molecular formula is C86H151Cl2NO20Si4. The van der Waals surface area contributed by atoms with Gasteiger partial charge >= 0.3 is 27.0 Å². The van der Waals surface area contributed by atoms with Crippen molar-refractivity contribution in [2.75, 3.05) is 111 Å². The summed E-state index contributed by atoms with van der Waals surface area (Å²) in [6.07, 6.45) is 7.17. The summed E-state index contributed by atoms with van der Waals surface area (Å²) in [6, 6.07) is 33.8. The number of carboxylic acids is 1. The van der Waals surface area contributed by atoms with Gasteiger partial charge in [-0.2, -0.15) is 0 Å². The van der Waals surface area contributed by atoms with Gasteiger partial charge in [-0.05, 0) is 223 Å². The highest BCUT2D eigenvalue weighted by Gasteiger charge is 2.54. The highest BCUT2D eigenvalue weighted by molar-refractivity contribution is 6.87. The maximum Gasteiger partial charge on any atom is 0.647 e. The quantitative estimate of drug-likeness (QED) is 0.0247. The molecule has 0 radical (unpaired) electrons. The molecule has 0 unspecified atom stereocenters. The van der Waals surface area contributed by atoms with Crippen molar-refractivity contribution in [1.29, 1.82) is 0 Å². The minimum Gasteiger partial charge on any atom is -0.491 e. The number of methoxy groups -OCH3 is 1. The Hall–Kier alpha value is -4.44. The first-order valence-corrected chi connectivity index (χ1v) is 52.9.